The summed E-state index contributed by atoms with van der Waals surface area (Å²) < 4.78 is 13.0. The summed E-state index contributed by atoms with van der Waals surface area (Å²) in [6, 6.07) is 2.90. The van der Waals surface area contributed by atoms with Crippen LogP contribution >= 0.6 is 0 Å². The number of hydrogen-bond donors (Lipinski definition) is 1. The van der Waals surface area contributed by atoms with E-state index < -0.39 is 5.95 Å². The Labute approximate surface area is 107 Å². The maximum absolute atomic E-state index is 13.0. The summed E-state index contributed by atoms with van der Waals surface area (Å²) in [6.45, 7) is 4.39. The highest BCUT2D eigenvalue weighted by Gasteiger charge is 2.28. The van der Waals surface area contributed by atoms with Crippen LogP contribution in [0, 0.1) is 17.8 Å². The molecule has 4 heteroatoms. The minimum Gasteiger partial charge on any atom is -0.349 e. The summed E-state index contributed by atoms with van der Waals surface area (Å²) in [5.41, 5.74) is 0.341. The quantitative estimate of drug-likeness (QED) is 0.820. The van der Waals surface area contributed by atoms with Crippen LogP contribution in [0.25, 0.3) is 0 Å². The minimum atomic E-state index is -0.618. The maximum Gasteiger partial charge on any atom is 0.251 e. The number of pyridine rings is 1. The van der Waals surface area contributed by atoms with Crippen molar-refractivity contribution in [2.45, 2.75) is 39.2 Å². The lowest BCUT2D eigenvalue weighted by Crippen LogP contribution is -2.43. The molecule has 1 heterocycles. The van der Waals surface area contributed by atoms with Gasteiger partial charge in [-0.1, -0.05) is 26.7 Å². The Bertz CT molecular complexity index is 436. The number of carbonyl (C=O) groups excluding carboxylic acids is 1. The summed E-state index contributed by atoms with van der Waals surface area (Å²) in [7, 11) is 0. The van der Waals surface area contributed by atoms with Crippen molar-refractivity contribution < 1.29 is 9.18 Å². The Hall–Kier alpha value is -1.45. The molecule has 0 aromatic carbocycles. The highest BCUT2D eigenvalue weighted by molar-refractivity contribution is 5.94. The summed E-state index contributed by atoms with van der Waals surface area (Å²) in [6.07, 6.45) is 4.68. The third-order valence-electron chi connectivity index (χ3n) is 4.01. The Morgan fingerprint density at radius 1 is 1.44 bits per heavy atom. The Morgan fingerprint density at radius 2 is 2.22 bits per heavy atom. The zero-order valence-electron chi connectivity index (χ0n) is 10.8. The van der Waals surface area contributed by atoms with Gasteiger partial charge in [0.05, 0.1) is 0 Å². The van der Waals surface area contributed by atoms with E-state index in [1.54, 1.807) is 0 Å². The average Bonchev–Trinajstić information content (AvgIpc) is 2.35. The van der Waals surface area contributed by atoms with Gasteiger partial charge in [-0.3, -0.25) is 4.79 Å². The Morgan fingerprint density at radius 3 is 2.94 bits per heavy atom. The van der Waals surface area contributed by atoms with E-state index >= 15 is 0 Å². The van der Waals surface area contributed by atoms with Crippen LogP contribution in [0.5, 0.6) is 0 Å². The first-order chi connectivity index (χ1) is 8.58. The lowest BCUT2D eigenvalue weighted by atomic mass is 9.78. The van der Waals surface area contributed by atoms with Gasteiger partial charge in [0.15, 0.2) is 0 Å². The lowest BCUT2D eigenvalue weighted by Gasteiger charge is -2.34. The van der Waals surface area contributed by atoms with E-state index in [0.717, 1.165) is 12.8 Å². The molecule has 1 amide bonds. The van der Waals surface area contributed by atoms with Gasteiger partial charge < -0.3 is 5.32 Å². The zero-order valence-corrected chi connectivity index (χ0v) is 10.8. The molecule has 0 aliphatic heterocycles. The van der Waals surface area contributed by atoms with Crippen LogP contribution in [0.1, 0.15) is 43.5 Å². The fraction of sp³-hybridized carbons (Fsp3) is 0.571. The predicted octanol–water partition coefficient (Wildman–Crippen LogP) is 2.78. The van der Waals surface area contributed by atoms with Gasteiger partial charge in [-0.15, -0.1) is 0 Å². The third-order valence-corrected chi connectivity index (χ3v) is 4.01. The van der Waals surface area contributed by atoms with Crippen LogP contribution in [-0.2, 0) is 0 Å². The van der Waals surface area contributed by atoms with Gasteiger partial charge >= 0.3 is 0 Å². The second kappa shape index (κ2) is 5.46. The number of aromatic nitrogens is 1. The SMILES string of the molecule is CC1CCCC(NC(=O)c2ccnc(F)c2)C1C. The number of nitrogens with zero attached hydrogens (tertiary/aromatic N) is 1. The zero-order chi connectivity index (χ0) is 13.1. The average molecular weight is 250 g/mol. The van der Waals surface area contributed by atoms with Gasteiger partial charge in [-0.2, -0.15) is 4.39 Å². The van der Waals surface area contributed by atoms with Crippen molar-refractivity contribution in [3.63, 3.8) is 0 Å². The van der Waals surface area contributed by atoms with Crippen LogP contribution in [0.4, 0.5) is 4.39 Å². The fourth-order valence-electron chi connectivity index (χ4n) is 2.58. The van der Waals surface area contributed by atoms with Gasteiger partial charge in [-0.25, -0.2) is 4.98 Å². The molecule has 3 atom stereocenters. The van der Waals surface area contributed by atoms with Crippen LogP contribution < -0.4 is 5.32 Å². The van der Waals surface area contributed by atoms with Crippen molar-refractivity contribution in [2.24, 2.45) is 11.8 Å². The first-order valence-corrected chi connectivity index (χ1v) is 6.50. The molecule has 3 nitrogen and oxygen atoms in total. The molecule has 1 saturated carbocycles. The Balaban J connectivity index is 2.03. The second-order valence-electron chi connectivity index (χ2n) is 5.21. The Kier molecular flexibility index (Phi) is 3.94. The van der Waals surface area contributed by atoms with Crippen LogP contribution in [-0.4, -0.2) is 16.9 Å². The molecule has 1 aliphatic carbocycles. The molecular weight excluding hydrogens is 231 g/mol. The first-order valence-electron chi connectivity index (χ1n) is 6.50. The highest BCUT2D eigenvalue weighted by Crippen LogP contribution is 2.29. The van der Waals surface area contributed by atoms with Crippen molar-refractivity contribution in [1.82, 2.24) is 10.3 Å². The molecule has 0 saturated heterocycles. The number of rotatable bonds is 2. The fourth-order valence-corrected chi connectivity index (χ4v) is 2.58. The molecule has 0 radical (unpaired) electrons. The second-order valence-corrected chi connectivity index (χ2v) is 5.21. The largest absolute Gasteiger partial charge is 0.349 e. The van der Waals surface area contributed by atoms with E-state index in [9.17, 15) is 9.18 Å². The van der Waals surface area contributed by atoms with Crippen LogP contribution in [0.2, 0.25) is 0 Å². The normalized spacial score (nSPS) is 27.8. The van der Waals surface area contributed by atoms with E-state index in [1.807, 2.05) is 0 Å². The van der Waals surface area contributed by atoms with Gasteiger partial charge in [0, 0.05) is 23.9 Å². The van der Waals surface area contributed by atoms with Crippen molar-refractivity contribution in [3.8, 4) is 0 Å². The molecule has 1 aromatic heterocycles. The molecule has 98 valence electrons. The van der Waals surface area contributed by atoms with Crippen molar-refractivity contribution in [3.05, 3.63) is 29.8 Å². The maximum atomic E-state index is 13.0. The van der Waals surface area contributed by atoms with Crippen molar-refractivity contribution in [1.29, 1.82) is 0 Å². The van der Waals surface area contributed by atoms with E-state index in [2.05, 4.69) is 24.1 Å². The van der Waals surface area contributed by atoms with E-state index in [4.69, 9.17) is 0 Å². The van der Waals surface area contributed by atoms with E-state index in [1.165, 1.54) is 24.8 Å². The van der Waals surface area contributed by atoms with Gasteiger partial charge in [-0.05, 0) is 24.3 Å². The number of amides is 1. The summed E-state index contributed by atoms with van der Waals surface area (Å²) in [5.74, 6) is 0.266. The molecular formula is C14H19FN2O. The topological polar surface area (TPSA) is 42.0 Å². The lowest BCUT2D eigenvalue weighted by molar-refractivity contribution is 0.0890. The molecule has 2 rings (SSSR count). The minimum absolute atomic E-state index is 0.192. The summed E-state index contributed by atoms with van der Waals surface area (Å²) >= 11 is 0. The third kappa shape index (κ3) is 2.86. The van der Waals surface area contributed by atoms with Crippen molar-refractivity contribution in [2.75, 3.05) is 0 Å². The number of halogens is 1. The van der Waals surface area contributed by atoms with Gasteiger partial charge in [0.25, 0.3) is 5.91 Å². The highest BCUT2D eigenvalue weighted by atomic mass is 19.1. The number of nitrogens with one attached hydrogen (secondary N) is 1. The predicted molar refractivity (Wildman–Crippen MR) is 67.6 cm³/mol. The summed E-state index contributed by atoms with van der Waals surface area (Å²) in [5, 5.41) is 3.01. The molecule has 18 heavy (non-hydrogen) atoms. The van der Waals surface area contributed by atoms with Gasteiger partial charge in [0.2, 0.25) is 5.95 Å². The van der Waals surface area contributed by atoms with Crippen LogP contribution in [0.15, 0.2) is 18.3 Å². The number of hydrogen-bond acceptors (Lipinski definition) is 2. The molecule has 0 bridgehead atoms. The van der Waals surface area contributed by atoms with Crippen molar-refractivity contribution >= 4 is 5.91 Å². The molecule has 1 N–H and O–H groups in total. The van der Waals surface area contributed by atoms with E-state index in [-0.39, 0.29) is 11.9 Å². The molecule has 3 unspecified atom stereocenters. The molecule has 1 aliphatic rings. The smallest absolute Gasteiger partial charge is 0.251 e. The molecule has 0 spiro atoms. The standard InChI is InChI=1S/C14H19FN2O/c1-9-4-3-5-12(10(9)2)17-14(18)11-6-7-16-13(15)8-11/h6-10,12H,3-5H2,1-2H3,(H,17,18). The number of carbonyl (C=O) groups is 1. The molecule has 1 aromatic rings. The molecule has 1 fully saturated rings. The summed E-state index contributed by atoms with van der Waals surface area (Å²) in [4.78, 5) is 15.5. The van der Waals surface area contributed by atoms with E-state index in [0.29, 0.717) is 17.4 Å². The van der Waals surface area contributed by atoms with Crippen LogP contribution in [0.3, 0.4) is 0 Å². The first kappa shape index (κ1) is 13.0. The monoisotopic (exact) mass is 250 g/mol. The van der Waals surface area contributed by atoms with Gasteiger partial charge in [0.1, 0.15) is 0 Å².